The van der Waals surface area contributed by atoms with Crippen LogP contribution in [0.4, 0.5) is 5.69 Å². The Bertz CT molecular complexity index is 1500. The molecular formula is C24H22N4O4. The lowest BCUT2D eigenvalue weighted by atomic mass is 10.1. The van der Waals surface area contributed by atoms with Gasteiger partial charge in [0.2, 0.25) is 5.88 Å². The standard InChI is InChI=1S/C24H22N4O4/c1-13-9-14(2)25-23-22(13)24(27-28(23)3)31-12-21(29)26-17-11-19-16(10-20(17)30-4)15-7-5-6-8-18(15)32-19/h5-11H,12H2,1-4H3,(H,26,29). The molecule has 5 aromatic rings. The van der Waals surface area contributed by atoms with Crippen LogP contribution in [0, 0.1) is 13.8 Å². The van der Waals surface area contributed by atoms with Crippen LogP contribution in [0.25, 0.3) is 33.0 Å². The lowest BCUT2D eigenvalue weighted by Crippen LogP contribution is -2.20. The number of pyridine rings is 1. The summed E-state index contributed by atoms with van der Waals surface area (Å²) in [4.78, 5) is 17.2. The van der Waals surface area contributed by atoms with Crippen LogP contribution in [0.5, 0.6) is 11.6 Å². The minimum Gasteiger partial charge on any atom is -0.495 e. The Morgan fingerprint density at radius 2 is 1.94 bits per heavy atom. The van der Waals surface area contributed by atoms with Gasteiger partial charge in [-0.05, 0) is 37.6 Å². The molecule has 3 aromatic heterocycles. The van der Waals surface area contributed by atoms with E-state index in [1.165, 1.54) is 0 Å². The summed E-state index contributed by atoms with van der Waals surface area (Å²) in [6.45, 7) is 3.69. The molecule has 3 heterocycles. The second kappa shape index (κ2) is 7.56. The summed E-state index contributed by atoms with van der Waals surface area (Å²) in [5.74, 6) is 0.578. The number of ether oxygens (including phenoxy) is 2. The normalized spacial score (nSPS) is 11.4. The van der Waals surface area contributed by atoms with E-state index in [9.17, 15) is 4.79 Å². The first kappa shape index (κ1) is 19.9. The number of furan rings is 1. The Labute approximate surface area is 183 Å². The van der Waals surface area contributed by atoms with E-state index in [1.54, 1.807) is 24.9 Å². The first-order chi connectivity index (χ1) is 15.4. The van der Waals surface area contributed by atoms with Gasteiger partial charge in [0.25, 0.3) is 5.91 Å². The zero-order valence-corrected chi connectivity index (χ0v) is 18.2. The Hall–Kier alpha value is -4.07. The largest absolute Gasteiger partial charge is 0.495 e. The average Bonchev–Trinajstić information content (AvgIpc) is 3.28. The van der Waals surface area contributed by atoms with Crippen molar-refractivity contribution >= 4 is 44.6 Å². The van der Waals surface area contributed by atoms with Crippen molar-refractivity contribution in [1.82, 2.24) is 14.8 Å². The number of hydrogen-bond donors (Lipinski definition) is 1. The molecule has 32 heavy (non-hydrogen) atoms. The van der Waals surface area contributed by atoms with Gasteiger partial charge in [0.15, 0.2) is 12.3 Å². The van der Waals surface area contributed by atoms with Gasteiger partial charge in [-0.3, -0.25) is 4.79 Å². The number of nitrogens with zero attached hydrogens (tertiary/aromatic N) is 3. The van der Waals surface area contributed by atoms with Crippen molar-refractivity contribution in [1.29, 1.82) is 0 Å². The molecule has 0 bridgehead atoms. The molecule has 0 saturated heterocycles. The van der Waals surface area contributed by atoms with Crippen LogP contribution < -0.4 is 14.8 Å². The number of carbonyl (C=O) groups excluding carboxylic acids is 1. The predicted molar refractivity (Wildman–Crippen MR) is 122 cm³/mol. The third-order valence-corrected chi connectivity index (χ3v) is 5.40. The minimum atomic E-state index is -0.338. The highest BCUT2D eigenvalue weighted by atomic mass is 16.5. The minimum absolute atomic E-state index is 0.208. The Balaban J connectivity index is 1.40. The molecule has 0 aliphatic heterocycles. The maximum absolute atomic E-state index is 12.7. The summed E-state index contributed by atoms with van der Waals surface area (Å²) in [7, 11) is 3.36. The molecule has 2 aromatic carbocycles. The van der Waals surface area contributed by atoms with E-state index >= 15 is 0 Å². The van der Waals surface area contributed by atoms with E-state index in [-0.39, 0.29) is 12.5 Å². The number of hydrogen-bond acceptors (Lipinski definition) is 6. The molecular weight excluding hydrogens is 408 g/mol. The number of carbonyl (C=O) groups is 1. The summed E-state index contributed by atoms with van der Waals surface area (Å²) >= 11 is 0. The number of aromatic nitrogens is 3. The van der Waals surface area contributed by atoms with Gasteiger partial charge in [0, 0.05) is 29.6 Å². The summed E-state index contributed by atoms with van der Waals surface area (Å²) in [6, 6.07) is 13.4. The van der Waals surface area contributed by atoms with E-state index in [0.717, 1.165) is 38.6 Å². The highest BCUT2D eigenvalue weighted by Crippen LogP contribution is 2.36. The predicted octanol–water partition coefficient (Wildman–Crippen LogP) is 4.51. The summed E-state index contributed by atoms with van der Waals surface area (Å²) in [5, 5.41) is 9.94. The number of benzene rings is 2. The fourth-order valence-corrected chi connectivity index (χ4v) is 3.99. The van der Waals surface area contributed by atoms with Crippen molar-refractivity contribution in [2.24, 2.45) is 7.05 Å². The smallest absolute Gasteiger partial charge is 0.262 e. The average molecular weight is 430 g/mol. The van der Waals surface area contributed by atoms with E-state index in [2.05, 4.69) is 15.4 Å². The highest BCUT2D eigenvalue weighted by molar-refractivity contribution is 6.07. The molecule has 0 aliphatic carbocycles. The Morgan fingerprint density at radius 1 is 1.12 bits per heavy atom. The van der Waals surface area contributed by atoms with Gasteiger partial charge >= 0.3 is 0 Å². The molecule has 0 aliphatic rings. The zero-order chi connectivity index (χ0) is 22.4. The van der Waals surface area contributed by atoms with E-state index in [1.807, 2.05) is 50.2 Å². The van der Waals surface area contributed by atoms with Crippen molar-refractivity contribution < 1.29 is 18.7 Å². The fourth-order valence-electron chi connectivity index (χ4n) is 3.99. The molecule has 5 rings (SSSR count). The van der Waals surface area contributed by atoms with Crippen molar-refractivity contribution in [3.8, 4) is 11.6 Å². The first-order valence-electron chi connectivity index (χ1n) is 10.2. The van der Waals surface area contributed by atoms with Gasteiger partial charge in [0.05, 0.1) is 18.2 Å². The molecule has 0 spiro atoms. The number of amides is 1. The molecule has 1 amide bonds. The van der Waals surface area contributed by atoms with Crippen molar-refractivity contribution in [2.45, 2.75) is 13.8 Å². The van der Waals surface area contributed by atoms with Crippen LogP contribution in [-0.4, -0.2) is 34.4 Å². The van der Waals surface area contributed by atoms with E-state index in [4.69, 9.17) is 13.9 Å². The van der Waals surface area contributed by atoms with Gasteiger partial charge in [-0.1, -0.05) is 18.2 Å². The number of rotatable bonds is 5. The molecule has 0 saturated carbocycles. The quantitative estimate of drug-likeness (QED) is 0.441. The lowest BCUT2D eigenvalue weighted by molar-refractivity contribution is -0.118. The SMILES string of the molecule is COc1cc2c(cc1NC(=O)COc1nn(C)c3nc(C)cc(C)c13)oc1ccccc12. The van der Waals surface area contributed by atoms with Crippen molar-refractivity contribution in [3.05, 3.63) is 53.7 Å². The van der Waals surface area contributed by atoms with Crippen LogP contribution in [0.1, 0.15) is 11.3 Å². The zero-order valence-electron chi connectivity index (χ0n) is 18.2. The topological polar surface area (TPSA) is 91.4 Å². The molecule has 1 N–H and O–H groups in total. The van der Waals surface area contributed by atoms with Crippen LogP contribution in [-0.2, 0) is 11.8 Å². The summed E-state index contributed by atoms with van der Waals surface area (Å²) < 4.78 is 18.8. The monoisotopic (exact) mass is 430 g/mol. The van der Waals surface area contributed by atoms with Gasteiger partial charge in [-0.2, -0.15) is 0 Å². The van der Waals surface area contributed by atoms with Gasteiger partial charge in [-0.25, -0.2) is 9.67 Å². The Kier molecular flexibility index (Phi) is 4.70. The number of anilines is 1. The van der Waals surface area contributed by atoms with Gasteiger partial charge < -0.3 is 19.2 Å². The fraction of sp³-hybridized carbons (Fsp3) is 0.208. The molecule has 162 valence electrons. The number of methoxy groups -OCH3 is 1. The Morgan fingerprint density at radius 3 is 2.75 bits per heavy atom. The van der Waals surface area contributed by atoms with Crippen LogP contribution in [0.2, 0.25) is 0 Å². The molecule has 8 nitrogen and oxygen atoms in total. The third-order valence-electron chi connectivity index (χ3n) is 5.40. The van der Waals surface area contributed by atoms with Gasteiger partial charge in [-0.15, -0.1) is 5.10 Å². The first-order valence-corrected chi connectivity index (χ1v) is 10.2. The van der Waals surface area contributed by atoms with Gasteiger partial charge in [0.1, 0.15) is 16.9 Å². The van der Waals surface area contributed by atoms with E-state index < -0.39 is 0 Å². The molecule has 0 radical (unpaired) electrons. The second-order valence-electron chi connectivity index (χ2n) is 7.69. The molecule has 0 unspecified atom stereocenters. The summed E-state index contributed by atoms with van der Waals surface area (Å²) in [6.07, 6.45) is 0. The summed E-state index contributed by atoms with van der Waals surface area (Å²) in [5.41, 5.74) is 4.55. The molecule has 0 fully saturated rings. The maximum atomic E-state index is 12.7. The second-order valence-corrected chi connectivity index (χ2v) is 7.69. The molecule has 8 heteroatoms. The third kappa shape index (κ3) is 3.30. The van der Waals surface area contributed by atoms with Crippen LogP contribution >= 0.6 is 0 Å². The number of aryl methyl sites for hydroxylation is 3. The molecule has 0 atom stereocenters. The maximum Gasteiger partial charge on any atom is 0.262 e. The van der Waals surface area contributed by atoms with Crippen LogP contribution in [0.3, 0.4) is 0 Å². The highest BCUT2D eigenvalue weighted by Gasteiger charge is 2.17. The van der Waals surface area contributed by atoms with Crippen molar-refractivity contribution in [3.63, 3.8) is 0 Å². The number of para-hydroxylation sites is 1. The van der Waals surface area contributed by atoms with E-state index in [0.29, 0.717) is 22.9 Å². The lowest BCUT2D eigenvalue weighted by Gasteiger charge is -2.11. The van der Waals surface area contributed by atoms with Crippen molar-refractivity contribution in [2.75, 3.05) is 19.0 Å². The van der Waals surface area contributed by atoms with Crippen LogP contribution in [0.15, 0.2) is 46.9 Å². The number of nitrogens with one attached hydrogen (secondary N) is 1. The number of fused-ring (bicyclic) bond motifs is 4.